The Morgan fingerprint density at radius 3 is 2.71 bits per heavy atom. The topological polar surface area (TPSA) is 90.2 Å². The normalized spacial score (nSPS) is 11.2. The zero-order valence-corrected chi connectivity index (χ0v) is 9.88. The number of halogens is 1. The van der Waals surface area contributed by atoms with E-state index in [4.69, 9.17) is 10.4 Å². The second-order valence-corrected chi connectivity index (χ2v) is 5.07. The minimum Gasteiger partial charge on any atom is -0.395 e. The summed E-state index contributed by atoms with van der Waals surface area (Å²) >= 11 is 0. The molecule has 5 nitrogen and oxygen atoms in total. The molecule has 0 saturated carbocycles. The van der Waals surface area contributed by atoms with Crippen LogP contribution in [0.1, 0.15) is 11.1 Å². The molecule has 7 heteroatoms. The Morgan fingerprint density at radius 1 is 1.53 bits per heavy atom. The molecule has 0 fully saturated rings. The lowest BCUT2D eigenvalue weighted by Gasteiger charge is -2.08. The lowest BCUT2D eigenvalue weighted by Crippen LogP contribution is -2.27. The third-order valence-electron chi connectivity index (χ3n) is 2.09. The fraction of sp³-hybridized carbons (Fsp3) is 0.300. The van der Waals surface area contributed by atoms with Gasteiger partial charge in [0.25, 0.3) is 0 Å². The number of hydrogen-bond donors (Lipinski definition) is 2. The van der Waals surface area contributed by atoms with Gasteiger partial charge in [0.1, 0.15) is 10.7 Å². The molecule has 0 radical (unpaired) electrons. The van der Waals surface area contributed by atoms with Gasteiger partial charge in [-0.15, -0.1) is 0 Å². The average Bonchev–Trinajstić information content (AvgIpc) is 2.28. The van der Waals surface area contributed by atoms with Gasteiger partial charge in [-0.05, 0) is 24.6 Å². The molecule has 0 heterocycles. The summed E-state index contributed by atoms with van der Waals surface area (Å²) < 4.78 is 38.8. The van der Waals surface area contributed by atoms with Crippen LogP contribution in [0.2, 0.25) is 0 Å². The third-order valence-corrected chi connectivity index (χ3v) is 3.57. The highest BCUT2D eigenvalue weighted by molar-refractivity contribution is 7.89. The quantitative estimate of drug-likeness (QED) is 0.811. The fourth-order valence-electron chi connectivity index (χ4n) is 1.24. The van der Waals surface area contributed by atoms with E-state index in [1.807, 2.05) is 4.72 Å². The molecule has 0 aliphatic rings. The maximum Gasteiger partial charge on any atom is 0.243 e. The number of benzene rings is 1. The van der Waals surface area contributed by atoms with Gasteiger partial charge in [-0.3, -0.25) is 0 Å². The Morgan fingerprint density at radius 2 is 2.18 bits per heavy atom. The summed E-state index contributed by atoms with van der Waals surface area (Å²) in [5, 5.41) is 17.2. The van der Waals surface area contributed by atoms with Crippen LogP contribution in [-0.2, 0) is 10.0 Å². The van der Waals surface area contributed by atoms with E-state index < -0.39 is 20.7 Å². The molecule has 0 unspecified atom stereocenters. The molecule has 0 spiro atoms. The largest absolute Gasteiger partial charge is 0.395 e. The van der Waals surface area contributed by atoms with Crippen LogP contribution in [0, 0.1) is 24.1 Å². The summed E-state index contributed by atoms with van der Waals surface area (Å²) in [5.41, 5.74) is 0.460. The number of aryl methyl sites for hydroxylation is 1. The van der Waals surface area contributed by atoms with E-state index in [9.17, 15) is 12.8 Å². The molecule has 0 bridgehead atoms. The first-order valence-electron chi connectivity index (χ1n) is 4.73. The monoisotopic (exact) mass is 258 g/mol. The fourth-order valence-corrected chi connectivity index (χ4v) is 2.40. The van der Waals surface area contributed by atoms with E-state index >= 15 is 0 Å². The predicted octanol–water partition coefficient (Wildman–Crippen LogP) is 0.276. The third kappa shape index (κ3) is 3.00. The van der Waals surface area contributed by atoms with Crippen LogP contribution in [0.15, 0.2) is 17.0 Å². The summed E-state index contributed by atoms with van der Waals surface area (Å²) in [6.45, 7) is 0.944. The van der Waals surface area contributed by atoms with Crippen LogP contribution < -0.4 is 4.72 Å². The van der Waals surface area contributed by atoms with Crippen molar-refractivity contribution in [2.75, 3.05) is 13.2 Å². The summed E-state index contributed by atoms with van der Waals surface area (Å²) in [5.74, 6) is -0.988. The zero-order chi connectivity index (χ0) is 13.1. The van der Waals surface area contributed by atoms with Crippen molar-refractivity contribution in [2.24, 2.45) is 0 Å². The maximum atomic E-state index is 13.5. The Bertz CT molecular complexity index is 564. The molecule has 1 aromatic rings. The number of nitriles is 1. The second-order valence-electron chi connectivity index (χ2n) is 3.33. The number of nitrogens with one attached hydrogen (secondary N) is 1. The van der Waals surface area contributed by atoms with Crippen LogP contribution >= 0.6 is 0 Å². The Labute approximate surface area is 98.6 Å². The highest BCUT2D eigenvalue weighted by atomic mass is 32.2. The second kappa shape index (κ2) is 5.23. The van der Waals surface area contributed by atoms with Gasteiger partial charge in [-0.1, -0.05) is 0 Å². The lowest BCUT2D eigenvalue weighted by molar-refractivity contribution is 0.301. The molecule has 17 heavy (non-hydrogen) atoms. The number of nitrogens with zero attached hydrogens (tertiary/aromatic N) is 1. The Kier molecular flexibility index (Phi) is 4.17. The minimum atomic E-state index is -3.99. The van der Waals surface area contributed by atoms with Gasteiger partial charge in [0.2, 0.25) is 10.0 Å². The smallest absolute Gasteiger partial charge is 0.243 e. The molecule has 1 aromatic carbocycles. The molecular weight excluding hydrogens is 247 g/mol. The summed E-state index contributed by atoms with van der Waals surface area (Å²) in [7, 11) is -3.99. The van der Waals surface area contributed by atoms with E-state index in [2.05, 4.69) is 0 Å². The maximum absolute atomic E-state index is 13.5. The number of sulfonamides is 1. The molecule has 2 N–H and O–H groups in total. The summed E-state index contributed by atoms with van der Waals surface area (Å²) in [6.07, 6.45) is 0. The molecule has 0 saturated heterocycles. The highest BCUT2D eigenvalue weighted by Gasteiger charge is 2.20. The van der Waals surface area contributed by atoms with Crippen molar-refractivity contribution < 1.29 is 17.9 Å². The molecule has 92 valence electrons. The van der Waals surface area contributed by atoms with Crippen molar-refractivity contribution in [2.45, 2.75) is 11.8 Å². The first kappa shape index (κ1) is 13.6. The van der Waals surface area contributed by atoms with Gasteiger partial charge in [0, 0.05) is 6.54 Å². The highest BCUT2D eigenvalue weighted by Crippen LogP contribution is 2.19. The number of aliphatic hydroxyl groups excluding tert-OH is 1. The van der Waals surface area contributed by atoms with E-state index in [1.54, 1.807) is 6.07 Å². The van der Waals surface area contributed by atoms with Crippen molar-refractivity contribution in [1.29, 1.82) is 5.26 Å². The number of aliphatic hydroxyl groups is 1. The van der Waals surface area contributed by atoms with Gasteiger partial charge in [0.15, 0.2) is 0 Å². The van der Waals surface area contributed by atoms with Gasteiger partial charge >= 0.3 is 0 Å². The number of rotatable bonds is 4. The minimum absolute atomic E-state index is 0.0867. The van der Waals surface area contributed by atoms with Gasteiger partial charge in [-0.25, -0.2) is 17.5 Å². The first-order chi connectivity index (χ1) is 7.92. The van der Waals surface area contributed by atoms with Crippen LogP contribution in [0.25, 0.3) is 0 Å². The zero-order valence-electron chi connectivity index (χ0n) is 9.07. The van der Waals surface area contributed by atoms with Crippen molar-refractivity contribution in [3.63, 3.8) is 0 Å². The predicted molar refractivity (Wildman–Crippen MR) is 58.1 cm³/mol. The first-order valence-corrected chi connectivity index (χ1v) is 6.21. The lowest BCUT2D eigenvalue weighted by atomic mass is 10.1. The SMILES string of the molecule is Cc1cc(S(=O)(=O)NCCO)c(F)cc1C#N. The van der Waals surface area contributed by atoms with Crippen molar-refractivity contribution in [3.8, 4) is 6.07 Å². The van der Waals surface area contributed by atoms with Crippen LogP contribution in [0.3, 0.4) is 0 Å². The molecule has 0 amide bonds. The summed E-state index contributed by atoms with van der Waals surface area (Å²) in [4.78, 5) is -0.526. The summed E-state index contributed by atoms with van der Waals surface area (Å²) in [6, 6.07) is 3.73. The Balaban J connectivity index is 3.25. The van der Waals surface area contributed by atoms with Crippen molar-refractivity contribution in [3.05, 3.63) is 29.1 Å². The van der Waals surface area contributed by atoms with Crippen LogP contribution in [0.4, 0.5) is 4.39 Å². The molecule has 0 aliphatic heterocycles. The van der Waals surface area contributed by atoms with Crippen LogP contribution in [-0.4, -0.2) is 26.7 Å². The standard InChI is InChI=1S/C10H11FN2O3S/c1-7-4-10(9(11)5-8(7)6-12)17(15,16)13-2-3-14/h4-5,13-14H,2-3H2,1H3. The van der Waals surface area contributed by atoms with E-state index in [1.165, 1.54) is 6.92 Å². The van der Waals surface area contributed by atoms with Gasteiger partial charge < -0.3 is 5.11 Å². The molecule has 0 aromatic heterocycles. The van der Waals surface area contributed by atoms with E-state index in [0.717, 1.165) is 12.1 Å². The van der Waals surface area contributed by atoms with E-state index in [0.29, 0.717) is 5.56 Å². The Hall–Kier alpha value is -1.49. The number of hydrogen-bond acceptors (Lipinski definition) is 4. The molecule has 1 rings (SSSR count). The van der Waals surface area contributed by atoms with Gasteiger partial charge in [0.05, 0.1) is 18.2 Å². The van der Waals surface area contributed by atoms with Crippen LogP contribution in [0.5, 0.6) is 0 Å². The van der Waals surface area contributed by atoms with Gasteiger partial charge in [-0.2, -0.15) is 5.26 Å². The molecule has 0 atom stereocenters. The molecule has 0 aliphatic carbocycles. The molecular formula is C10H11FN2O3S. The average molecular weight is 258 g/mol. The van der Waals surface area contributed by atoms with Crippen molar-refractivity contribution >= 4 is 10.0 Å². The van der Waals surface area contributed by atoms with Crippen molar-refractivity contribution in [1.82, 2.24) is 4.72 Å². The van der Waals surface area contributed by atoms with E-state index in [-0.39, 0.29) is 18.7 Å².